The van der Waals surface area contributed by atoms with E-state index in [0.717, 1.165) is 54.6 Å². The van der Waals surface area contributed by atoms with Crippen LogP contribution in [0.1, 0.15) is 54.9 Å². The number of phenols is 6. The average Bonchev–Trinajstić information content (AvgIpc) is 0.833. The smallest absolute Gasteiger partial charge is 0.160 e. The maximum atomic E-state index is 9.99. The topological polar surface area (TPSA) is 255 Å². The second-order valence-electron chi connectivity index (χ2n) is 21.7. The van der Waals surface area contributed by atoms with Gasteiger partial charge in [0.2, 0.25) is 0 Å². The number of hydrogen-bond acceptors (Lipinski definition) is 17. The highest BCUT2D eigenvalue weighted by molar-refractivity contribution is 6.43. The lowest BCUT2D eigenvalue weighted by Crippen LogP contribution is -2.22. The van der Waals surface area contributed by atoms with Crippen molar-refractivity contribution in [1.82, 2.24) is 50.3 Å². The van der Waals surface area contributed by atoms with Gasteiger partial charge < -0.3 is 51.9 Å². The maximum Gasteiger partial charge on any atom is 0.160 e. The fourth-order valence-corrected chi connectivity index (χ4v) is 12.5. The number of nitrogens with zero attached hydrogens (tertiary/aromatic N) is 8. The van der Waals surface area contributed by atoms with Crippen molar-refractivity contribution in [3.05, 3.63) is 204 Å². The van der Waals surface area contributed by atoms with E-state index in [1.807, 2.05) is 101 Å². The molecular weight excluding hydrogens is 1680 g/mol. The first-order valence-corrected chi connectivity index (χ1v) is 34.3. The van der Waals surface area contributed by atoms with Crippen LogP contribution in [0.4, 0.5) is 0 Å². The van der Waals surface area contributed by atoms with Crippen LogP contribution in [0, 0.1) is 6.92 Å². The largest absolute Gasteiger partial charge is 0.504 e. The molecule has 0 unspecified atom stereocenters. The quantitative estimate of drug-likeness (QED) is 0.0551. The van der Waals surface area contributed by atoms with Crippen LogP contribution in [0.3, 0.4) is 0 Å². The molecule has 0 amide bonds. The van der Waals surface area contributed by atoms with Gasteiger partial charge in [-0.25, -0.2) is 29.9 Å². The molecule has 0 aliphatic carbocycles. The van der Waals surface area contributed by atoms with Crippen molar-refractivity contribution in [3.8, 4) is 34.5 Å². The predicted molar refractivity (Wildman–Crippen MR) is 444 cm³/mol. The summed E-state index contributed by atoms with van der Waals surface area (Å²) < 4.78 is 0. The van der Waals surface area contributed by atoms with Gasteiger partial charge in [0, 0.05) is 70.7 Å². The number of aryl methyl sites for hydroxylation is 1. The fraction of sp³-hybridized carbons (Fsp3) is 0.217. The molecule has 0 aliphatic heterocycles. The average molecular weight is 1750 g/mol. The minimum absolute atomic E-state index is 0. The van der Waals surface area contributed by atoms with E-state index in [1.165, 1.54) is 36.4 Å². The molecule has 0 saturated heterocycles. The van der Waals surface area contributed by atoms with Gasteiger partial charge in [0.15, 0.2) is 34.5 Å². The van der Waals surface area contributed by atoms with E-state index in [-0.39, 0.29) is 127 Å². The molecule has 0 atom stereocenters. The lowest BCUT2D eigenvalue weighted by atomic mass is 10.2. The van der Waals surface area contributed by atoms with Crippen molar-refractivity contribution in [2.24, 2.45) is 5.73 Å². The Bertz CT molecular complexity index is 4880. The molecule has 0 radical (unpaired) electrons. The summed E-state index contributed by atoms with van der Waals surface area (Å²) in [6.45, 7) is 13.9. The van der Waals surface area contributed by atoms with Gasteiger partial charge in [-0.3, -0.25) is 4.90 Å². The third-order valence-corrected chi connectivity index (χ3v) is 18.1. The Kier molecular flexibility index (Phi) is 40.3. The van der Waals surface area contributed by atoms with Gasteiger partial charge in [0.05, 0.1) is 88.7 Å². The Labute approximate surface area is 686 Å². The number of nitrogens with two attached hydrogens (primary N) is 1. The summed E-state index contributed by atoms with van der Waals surface area (Å²) in [7, 11) is 5.74. The standard InChI is InChI=1S/C14H16Cl2N2O.2C12H12Cl2N2O.C11H10Cl2N2O.C10H8Cl2N2O.C10H7Cl2NO.5ClH/c1-3-18(4-2)8-9-5-6-10-11(15)7-12(16)14(19)13(10)17-9;1-16(2)6-7-3-4-8-9(13)5-10(14)12(17)11(8)15-7;1-2-15-6-7-3-4-8-9(13)5-10(14)12(17)11(8)16-7;1-14-5-6-2-3-7-8(12)4-9(13)11(16)10(7)15-6;11-7-3-8(12)10(15)9-6(7)2-1-5(4-13)14-9;1-5-2-3-6-7(11)4-8(12)10(14)9(6)13-5;;;;;/h5-7,19H,3-4,8H2,1-2H3;3-5,17H,6H2,1-2H3;3-5,15,17H,2,6H2,1H3;2-4,14,16H,5H2,1H3;1-3,15H,4,13H2;2-4,14H,1H3;5*1H. The first-order valence-electron chi connectivity index (χ1n) is 29.7. The Morgan fingerprint density at radius 1 is 0.350 bits per heavy atom. The molecule has 6 aromatic heterocycles. The van der Waals surface area contributed by atoms with Crippen LogP contribution in [0.25, 0.3) is 65.4 Å². The first kappa shape index (κ1) is 94.4. The molecule has 6 heterocycles. The minimum atomic E-state index is -0.0635. The monoisotopic (exact) mass is 1740 g/mol. The van der Waals surface area contributed by atoms with Crippen molar-refractivity contribution in [2.75, 3.05) is 40.8 Å². The van der Waals surface area contributed by atoms with Crippen LogP contribution in [-0.2, 0) is 32.7 Å². The minimum Gasteiger partial charge on any atom is -0.504 e. The number of halogens is 17. The summed E-state index contributed by atoms with van der Waals surface area (Å²) in [5.74, 6) is -0.168. The number of benzene rings is 6. The van der Waals surface area contributed by atoms with Crippen molar-refractivity contribution in [3.63, 3.8) is 0 Å². The molecule has 12 aromatic rings. The van der Waals surface area contributed by atoms with Crippen molar-refractivity contribution >= 4 is 267 Å². The molecule has 0 bridgehead atoms. The molecule has 6 aromatic carbocycles. The Balaban J connectivity index is 0.000000417. The van der Waals surface area contributed by atoms with Gasteiger partial charge in [-0.15, -0.1) is 62.0 Å². The summed E-state index contributed by atoms with van der Waals surface area (Å²) in [5.41, 5.74) is 13.0. The van der Waals surface area contributed by atoms with Gasteiger partial charge in [-0.05, 0) is 157 Å². The maximum absolute atomic E-state index is 9.99. The molecule has 17 nitrogen and oxygen atoms in total. The van der Waals surface area contributed by atoms with E-state index >= 15 is 0 Å². The summed E-state index contributed by atoms with van der Waals surface area (Å²) in [6, 6.07) is 31.2. The highest BCUT2D eigenvalue weighted by atomic mass is 35.5. The van der Waals surface area contributed by atoms with Crippen LogP contribution in [-0.4, -0.2) is 111 Å². The predicted octanol–water partition coefficient (Wildman–Crippen LogP) is 22.1. The number of pyridine rings is 6. The molecule has 0 fully saturated rings. The molecular formula is C69H70Cl17N11O6. The highest BCUT2D eigenvalue weighted by Gasteiger charge is 2.17. The number of rotatable bonds is 12. The van der Waals surface area contributed by atoms with Crippen LogP contribution in [0.5, 0.6) is 34.5 Å². The van der Waals surface area contributed by atoms with Crippen LogP contribution in [0.2, 0.25) is 60.3 Å². The van der Waals surface area contributed by atoms with Crippen LogP contribution in [0.15, 0.2) is 109 Å². The number of fused-ring (bicyclic) bond motifs is 6. The Morgan fingerprint density at radius 3 is 0.883 bits per heavy atom. The second-order valence-corrected chi connectivity index (χ2v) is 26.6. The van der Waals surface area contributed by atoms with E-state index in [9.17, 15) is 30.6 Å². The zero-order valence-electron chi connectivity index (χ0n) is 55.5. The van der Waals surface area contributed by atoms with Gasteiger partial charge in [-0.1, -0.05) is 160 Å². The summed E-state index contributed by atoms with van der Waals surface area (Å²) >= 11 is 71.1. The first-order chi connectivity index (χ1) is 46.5. The third-order valence-electron chi connectivity index (χ3n) is 14.4. The zero-order valence-corrected chi connectivity index (χ0v) is 68.6. The molecule has 0 saturated carbocycles. The van der Waals surface area contributed by atoms with Gasteiger partial charge in [0.1, 0.15) is 33.1 Å². The molecule has 103 heavy (non-hydrogen) atoms. The van der Waals surface area contributed by atoms with E-state index in [4.69, 9.17) is 145 Å². The molecule has 556 valence electrons. The third kappa shape index (κ3) is 24.4. The van der Waals surface area contributed by atoms with Crippen molar-refractivity contribution in [1.29, 1.82) is 0 Å². The van der Waals surface area contributed by atoms with Crippen molar-refractivity contribution < 1.29 is 30.6 Å². The normalized spacial score (nSPS) is 10.5. The lowest BCUT2D eigenvalue weighted by molar-refractivity contribution is 0.292. The fourth-order valence-electron chi connectivity index (χ4n) is 9.44. The number of hydrogen-bond donors (Lipinski definition) is 9. The van der Waals surface area contributed by atoms with E-state index in [1.54, 1.807) is 12.1 Å². The molecule has 34 heteroatoms. The Hall–Kier alpha value is -4.69. The van der Waals surface area contributed by atoms with Gasteiger partial charge in [0.25, 0.3) is 0 Å². The summed E-state index contributed by atoms with van der Waals surface area (Å²) in [5, 5.41) is 73.5. The summed E-state index contributed by atoms with van der Waals surface area (Å²) in [4.78, 5) is 30.1. The van der Waals surface area contributed by atoms with E-state index in [2.05, 4.69) is 59.3 Å². The van der Waals surface area contributed by atoms with Crippen molar-refractivity contribution in [2.45, 2.75) is 60.4 Å². The molecule has 10 N–H and O–H groups in total. The van der Waals surface area contributed by atoms with Gasteiger partial charge in [-0.2, -0.15) is 0 Å². The number of aromatic hydroxyl groups is 6. The molecule has 12 rings (SSSR count). The number of aromatic nitrogens is 6. The van der Waals surface area contributed by atoms with E-state index in [0.29, 0.717) is 127 Å². The summed E-state index contributed by atoms with van der Waals surface area (Å²) in [6.07, 6.45) is 0. The van der Waals surface area contributed by atoms with Gasteiger partial charge >= 0.3 is 0 Å². The second kappa shape index (κ2) is 43.9. The SMILES string of the molecule is CCN(CC)Cc1ccc2c(Cl)cc(Cl)c(O)c2n1.CCNCc1ccc2c(Cl)cc(Cl)c(O)c2n1.CN(C)Cc1ccc2c(Cl)cc(Cl)c(O)c2n1.CNCc1ccc2c(Cl)cc(Cl)c(O)c2n1.Cc1ccc2c(Cl)cc(Cl)c(O)c2n1.Cl.Cl.Cl.Cl.Cl.NCc1ccc2c(Cl)cc(Cl)c(O)c2n1. The lowest BCUT2D eigenvalue weighted by Gasteiger charge is -2.17. The van der Waals surface area contributed by atoms with Crippen LogP contribution >= 0.6 is 201 Å². The zero-order chi connectivity index (χ0) is 72.0. The Morgan fingerprint density at radius 2 is 0.602 bits per heavy atom. The molecule has 0 aliphatic rings. The highest BCUT2D eigenvalue weighted by Crippen LogP contribution is 2.42. The van der Waals surface area contributed by atoms with E-state index < -0.39 is 0 Å². The number of nitrogens with one attached hydrogen (secondary N) is 2. The van der Waals surface area contributed by atoms with Crippen LogP contribution < -0.4 is 16.4 Å². The number of phenolic OH excluding ortho intramolecular Hbond substituents is 6. The molecule has 0 spiro atoms.